The third kappa shape index (κ3) is 4.78. The van der Waals surface area contributed by atoms with Crippen molar-refractivity contribution in [1.82, 2.24) is 5.32 Å². The van der Waals surface area contributed by atoms with Crippen LogP contribution in [0.3, 0.4) is 0 Å². The summed E-state index contributed by atoms with van der Waals surface area (Å²) >= 11 is 5.36. The summed E-state index contributed by atoms with van der Waals surface area (Å²) in [6.07, 6.45) is 1.64. The molecule has 1 fully saturated rings. The SMILES string of the molecule is CCOc1ccc(OCc2ccc(/C=C3/NC(=S)N(c4cccc(C)c4)C3=O)o2)cc1. The van der Waals surface area contributed by atoms with Crippen molar-refractivity contribution in [3.05, 3.63) is 83.4 Å². The van der Waals surface area contributed by atoms with E-state index in [2.05, 4.69) is 5.32 Å². The first-order valence-electron chi connectivity index (χ1n) is 9.91. The number of ether oxygens (including phenoxy) is 2. The van der Waals surface area contributed by atoms with Crippen LogP contribution in [0.25, 0.3) is 6.08 Å². The number of anilines is 1. The average molecular weight is 435 g/mol. The van der Waals surface area contributed by atoms with Crippen molar-refractivity contribution in [1.29, 1.82) is 0 Å². The summed E-state index contributed by atoms with van der Waals surface area (Å²) in [5.74, 6) is 2.47. The number of rotatable bonds is 7. The summed E-state index contributed by atoms with van der Waals surface area (Å²) in [5.41, 5.74) is 2.14. The summed E-state index contributed by atoms with van der Waals surface area (Å²) < 4.78 is 17.0. The Morgan fingerprint density at radius 1 is 1.06 bits per heavy atom. The van der Waals surface area contributed by atoms with Gasteiger partial charge in [-0.05, 0) is 80.2 Å². The molecule has 0 saturated carbocycles. The quantitative estimate of drug-likeness (QED) is 0.425. The van der Waals surface area contributed by atoms with Gasteiger partial charge in [-0.2, -0.15) is 0 Å². The van der Waals surface area contributed by atoms with E-state index >= 15 is 0 Å². The van der Waals surface area contributed by atoms with E-state index in [-0.39, 0.29) is 12.5 Å². The smallest absolute Gasteiger partial charge is 0.281 e. The van der Waals surface area contributed by atoms with Crippen LogP contribution in [0.15, 0.2) is 70.8 Å². The minimum atomic E-state index is -0.223. The number of amides is 1. The number of benzene rings is 2. The van der Waals surface area contributed by atoms with Crippen molar-refractivity contribution in [3.8, 4) is 11.5 Å². The second-order valence-electron chi connectivity index (χ2n) is 6.96. The summed E-state index contributed by atoms with van der Waals surface area (Å²) in [5, 5.41) is 3.31. The molecule has 1 amide bonds. The predicted molar refractivity (Wildman–Crippen MR) is 123 cm³/mol. The standard InChI is InChI=1S/C24H22N2O4S/c1-3-28-18-7-9-19(10-8-18)29-15-21-12-11-20(30-21)14-22-23(27)26(24(31)25-22)17-6-4-5-16(2)13-17/h4-14H,3,15H2,1-2H3,(H,25,31)/b22-14+. The van der Waals surface area contributed by atoms with Gasteiger partial charge in [-0.3, -0.25) is 9.69 Å². The van der Waals surface area contributed by atoms with Gasteiger partial charge in [-0.15, -0.1) is 0 Å². The molecule has 1 aromatic heterocycles. The highest BCUT2D eigenvalue weighted by Crippen LogP contribution is 2.24. The Morgan fingerprint density at radius 3 is 2.52 bits per heavy atom. The van der Waals surface area contributed by atoms with E-state index in [0.717, 1.165) is 17.0 Å². The molecule has 0 spiro atoms. The number of hydrogen-bond donors (Lipinski definition) is 1. The summed E-state index contributed by atoms with van der Waals surface area (Å²) in [7, 11) is 0. The number of aryl methyl sites for hydroxylation is 1. The first kappa shape index (κ1) is 20.7. The van der Waals surface area contributed by atoms with Crippen molar-refractivity contribution < 1.29 is 18.7 Å². The molecule has 1 aliphatic heterocycles. The van der Waals surface area contributed by atoms with E-state index in [4.69, 9.17) is 26.1 Å². The number of furan rings is 1. The molecule has 1 N–H and O–H groups in total. The second-order valence-corrected chi connectivity index (χ2v) is 7.35. The minimum Gasteiger partial charge on any atom is -0.494 e. The summed E-state index contributed by atoms with van der Waals surface area (Å²) in [4.78, 5) is 14.3. The molecule has 6 nitrogen and oxygen atoms in total. The predicted octanol–water partition coefficient (Wildman–Crippen LogP) is 4.83. The number of carbonyl (C=O) groups is 1. The molecule has 0 unspecified atom stereocenters. The average Bonchev–Trinajstić information content (AvgIpc) is 3.31. The molecule has 2 heterocycles. The fourth-order valence-electron chi connectivity index (χ4n) is 3.18. The maximum atomic E-state index is 12.9. The van der Waals surface area contributed by atoms with Crippen LogP contribution < -0.4 is 19.7 Å². The van der Waals surface area contributed by atoms with Gasteiger partial charge < -0.3 is 19.2 Å². The van der Waals surface area contributed by atoms with Gasteiger partial charge in [0.05, 0.1) is 12.3 Å². The van der Waals surface area contributed by atoms with E-state index in [1.54, 1.807) is 12.1 Å². The number of nitrogens with one attached hydrogen (secondary N) is 1. The lowest BCUT2D eigenvalue weighted by Crippen LogP contribution is -2.30. The van der Waals surface area contributed by atoms with Crippen LogP contribution in [-0.2, 0) is 11.4 Å². The highest BCUT2D eigenvalue weighted by atomic mass is 32.1. The number of nitrogens with zero attached hydrogens (tertiary/aromatic N) is 1. The van der Waals surface area contributed by atoms with Crippen LogP contribution >= 0.6 is 12.2 Å². The van der Waals surface area contributed by atoms with Gasteiger partial charge in [0.15, 0.2) is 5.11 Å². The zero-order valence-electron chi connectivity index (χ0n) is 17.3. The molecule has 4 rings (SSSR count). The lowest BCUT2D eigenvalue weighted by molar-refractivity contribution is -0.113. The first-order chi connectivity index (χ1) is 15.0. The molecule has 31 heavy (non-hydrogen) atoms. The molecule has 2 aromatic carbocycles. The number of hydrogen-bond acceptors (Lipinski definition) is 5. The molecule has 3 aromatic rings. The first-order valence-corrected chi connectivity index (χ1v) is 10.3. The molecule has 1 saturated heterocycles. The molecule has 158 valence electrons. The Hall–Kier alpha value is -3.58. The molecule has 0 atom stereocenters. The van der Waals surface area contributed by atoms with Gasteiger partial charge in [-0.25, -0.2) is 0 Å². The number of thiocarbonyl (C=S) groups is 1. The fourth-order valence-corrected chi connectivity index (χ4v) is 3.48. The monoisotopic (exact) mass is 434 g/mol. The molecule has 0 aliphatic carbocycles. The fraction of sp³-hybridized carbons (Fsp3) is 0.167. The Balaban J connectivity index is 1.42. The van der Waals surface area contributed by atoms with Crippen LogP contribution in [0.1, 0.15) is 24.0 Å². The van der Waals surface area contributed by atoms with Gasteiger partial charge in [-0.1, -0.05) is 12.1 Å². The zero-order valence-corrected chi connectivity index (χ0v) is 18.1. The van der Waals surface area contributed by atoms with Crippen LogP contribution in [0, 0.1) is 6.92 Å². The Bertz CT molecular complexity index is 1130. The highest BCUT2D eigenvalue weighted by molar-refractivity contribution is 7.80. The van der Waals surface area contributed by atoms with E-state index in [1.165, 1.54) is 4.90 Å². The molecule has 1 aliphatic rings. The van der Waals surface area contributed by atoms with Gasteiger partial charge >= 0.3 is 0 Å². The van der Waals surface area contributed by atoms with Crippen LogP contribution in [0.4, 0.5) is 5.69 Å². The van der Waals surface area contributed by atoms with Crippen molar-refractivity contribution in [2.75, 3.05) is 11.5 Å². The second kappa shape index (κ2) is 9.06. The molecular formula is C24H22N2O4S. The van der Waals surface area contributed by atoms with Crippen molar-refractivity contribution in [2.24, 2.45) is 0 Å². The third-order valence-electron chi connectivity index (χ3n) is 4.62. The lowest BCUT2D eigenvalue weighted by atomic mass is 10.2. The van der Waals surface area contributed by atoms with Crippen molar-refractivity contribution in [2.45, 2.75) is 20.5 Å². The Morgan fingerprint density at radius 2 is 1.81 bits per heavy atom. The topological polar surface area (TPSA) is 63.9 Å². The van der Waals surface area contributed by atoms with E-state index in [0.29, 0.717) is 34.7 Å². The van der Waals surface area contributed by atoms with E-state index in [1.807, 2.05) is 68.4 Å². The maximum Gasteiger partial charge on any atom is 0.281 e. The molecule has 0 radical (unpaired) electrons. The van der Waals surface area contributed by atoms with E-state index in [9.17, 15) is 4.79 Å². The van der Waals surface area contributed by atoms with Crippen molar-refractivity contribution >= 4 is 35.0 Å². The largest absolute Gasteiger partial charge is 0.494 e. The van der Waals surface area contributed by atoms with Crippen LogP contribution in [0.2, 0.25) is 0 Å². The maximum absolute atomic E-state index is 12.9. The minimum absolute atomic E-state index is 0.223. The van der Waals surface area contributed by atoms with Crippen molar-refractivity contribution in [3.63, 3.8) is 0 Å². The molecule has 7 heteroatoms. The van der Waals surface area contributed by atoms with E-state index < -0.39 is 0 Å². The van der Waals surface area contributed by atoms with Gasteiger partial charge in [0, 0.05) is 6.08 Å². The highest BCUT2D eigenvalue weighted by Gasteiger charge is 2.32. The van der Waals surface area contributed by atoms with Gasteiger partial charge in [0.25, 0.3) is 5.91 Å². The summed E-state index contributed by atoms with van der Waals surface area (Å²) in [6, 6.07) is 18.6. The zero-order chi connectivity index (χ0) is 21.8. The van der Waals surface area contributed by atoms with Gasteiger partial charge in [0.2, 0.25) is 0 Å². The molecule has 0 bridgehead atoms. The number of carbonyl (C=O) groups excluding carboxylic acids is 1. The van der Waals surface area contributed by atoms with Crippen LogP contribution in [-0.4, -0.2) is 17.6 Å². The van der Waals surface area contributed by atoms with Gasteiger partial charge in [0.1, 0.15) is 35.3 Å². The third-order valence-corrected chi connectivity index (χ3v) is 4.91. The Labute approximate surface area is 186 Å². The summed E-state index contributed by atoms with van der Waals surface area (Å²) in [6.45, 7) is 4.80. The van der Waals surface area contributed by atoms with Crippen LogP contribution in [0.5, 0.6) is 11.5 Å². The Kier molecular flexibility index (Phi) is 6.04. The lowest BCUT2D eigenvalue weighted by Gasteiger charge is -2.14. The normalized spacial score (nSPS) is 14.8. The molecular weight excluding hydrogens is 412 g/mol.